The number of nitrogens with zero attached hydrogens (tertiary/aromatic N) is 5. The van der Waals surface area contributed by atoms with Crippen LogP contribution in [-0.4, -0.2) is 24.5 Å². The normalized spacial score (nSPS) is 11.1. The van der Waals surface area contributed by atoms with Gasteiger partial charge in [-0.1, -0.05) is 17.3 Å². The lowest BCUT2D eigenvalue weighted by molar-refractivity contribution is 0.622. The van der Waals surface area contributed by atoms with Crippen molar-refractivity contribution in [1.82, 2.24) is 24.5 Å². The highest BCUT2D eigenvalue weighted by molar-refractivity contribution is 5.67. The van der Waals surface area contributed by atoms with Crippen LogP contribution in [0.1, 0.15) is 12.5 Å². The van der Waals surface area contributed by atoms with E-state index in [0.29, 0.717) is 17.8 Å². The van der Waals surface area contributed by atoms with Crippen LogP contribution < -0.4 is 5.56 Å². The van der Waals surface area contributed by atoms with Gasteiger partial charge in [0.1, 0.15) is 12.1 Å². The molecule has 0 radical (unpaired) electrons. The maximum absolute atomic E-state index is 13.1. The van der Waals surface area contributed by atoms with Crippen molar-refractivity contribution in [3.8, 4) is 0 Å². The zero-order chi connectivity index (χ0) is 14.1. The molecule has 0 saturated heterocycles. The minimum absolute atomic E-state index is 0.228. The molecule has 102 valence electrons. The lowest BCUT2D eigenvalue weighted by atomic mass is 10.2. The molecule has 3 rings (SSSR count). The molecule has 0 spiro atoms. The van der Waals surface area contributed by atoms with Crippen LogP contribution in [0.5, 0.6) is 0 Å². The van der Waals surface area contributed by atoms with Crippen molar-refractivity contribution in [2.45, 2.75) is 20.0 Å². The van der Waals surface area contributed by atoms with Crippen molar-refractivity contribution in [2.24, 2.45) is 0 Å². The summed E-state index contributed by atoms with van der Waals surface area (Å²) in [5.41, 5.74) is 1.11. The molecule has 0 aliphatic carbocycles. The summed E-state index contributed by atoms with van der Waals surface area (Å²) >= 11 is 0. The van der Waals surface area contributed by atoms with Crippen molar-refractivity contribution < 1.29 is 4.39 Å². The fourth-order valence-electron chi connectivity index (χ4n) is 2.04. The highest BCUT2D eigenvalue weighted by Gasteiger charge is 2.11. The summed E-state index contributed by atoms with van der Waals surface area (Å²) in [7, 11) is 0. The SMILES string of the molecule is CCn1nnc2c(=O)n(Cc3cccc(F)c3)cnc21. The Morgan fingerprint density at radius 3 is 2.95 bits per heavy atom. The van der Waals surface area contributed by atoms with E-state index in [-0.39, 0.29) is 23.4 Å². The average Bonchev–Trinajstić information content (AvgIpc) is 2.86. The van der Waals surface area contributed by atoms with Gasteiger partial charge in [0.2, 0.25) is 0 Å². The molecule has 0 atom stereocenters. The van der Waals surface area contributed by atoms with Crippen molar-refractivity contribution in [3.63, 3.8) is 0 Å². The fourth-order valence-corrected chi connectivity index (χ4v) is 2.04. The molecule has 6 nitrogen and oxygen atoms in total. The molecule has 0 bridgehead atoms. The predicted molar refractivity (Wildman–Crippen MR) is 70.8 cm³/mol. The first-order valence-corrected chi connectivity index (χ1v) is 6.22. The Hall–Kier alpha value is -2.57. The monoisotopic (exact) mass is 273 g/mol. The highest BCUT2D eigenvalue weighted by atomic mass is 19.1. The van der Waals surface area contributed by atoms with Gasteiger partial charge < -0.3 is 0 Å². The van der Waals surface area contributed by atoms with E-state index in [2.05, 4.69) is 15.3 Å². The first-order chi connectivity index (χ1) is 9.69. The van der Waals surface area contributed by atoms with Crippen LogP contribution in [0.25, 0.3) is 11.2 Å². The van der Waals surface area contributed by atoms with Crippen LogP contribution in [0.15, 0.2) is 35.4 Å². The molecule has 1 aromatic carbocycles. The zero-order valence-electron chi connectivity index (χ0n) is 10.8. The average molecular weight is 273 g/mol. The second-order valence-corrected chi connectivity index (χ2v) is 4.38. The summed E-state index contributed by atoms with van der Waals surface area (Å²) in [5.74, 6) is -0.332. The zero-order valence-corrected chi connectivity index (χ0v) is 10.8. The third kappa shape index (κ3) is 2.07. The first kappa shape index (κ1) is 12.5. The van der Waals surface area contributed by atoms with Crippen LogP contribution in [0.3, 0.4) is 0 Å². The van der Waals surface area contributed by atoms with E-state index in [1.807, 2.05) is 6.92 Å². The quantitative estimate of drug-likeness (QED) is 0.719. The standard InChI is InChI=1S/C13H12FN5O/c1-2-19-12-11(16-17-19)13(20)18(8-15-12)7-9-4-3-5-10(14)6-9/h3-6,8H,2,7H2,1H3. The number of benzene rings is 1. The van der Waals surface area contributed by atoms with Gasteiger partial charge in [-0.3, -0.25) is 9.36 Å². The highest BCUT2D eigenvalue weighted by Crippen LogP contribution is 2.06. The summed E-state index contributed by atoms with van der Waals surface area (Å²) in [6, 6.07) is 6.11. The number of hydrogen-bond acceptors (Lipinski definition) is 4. The molecule has 0 aliphatic rings. The minimum atomic E-state index is -0.332. The van der Waals surface area contributed by atoms with Crippen LogP contribution >= 0.6 is 0 Å². The van der Waals surface area contributed by atoms with Gasteiger partial charge in [0.15, 0.2) is 11.2 Å². The lowest BCUT2D eigenvalue weighted by Gasteiger charge is -2.05. The first-order valence-electron chi connectivity index (χ1n) is 6.22. The summed E-state index contributed by atoms with van der Waals surface area (Å²) in [6.07, 6.45) is 1.44. The van der Waals surface area contributed by atoms with Gasteiger partial charge in [-0.2, -0.15) is 0 Å². The smallest absolute Gasteiger partial charge is 0.283 e. The Kier molecular flexibility index (Phi) is 3.02. The second kappa shape index (κ2) is 4.84. The van der Waals surface area contributed by atoms with Crippen LogP contribution in [-0.2, 0) is 13.1 Å². The Labute approximate surface area is 113 Å². The minimum Gasteiger partial charge on any atom is -0.293 e. The van der Waals surface area contributed by atoms with E-state index in [1.165, 1.54) is 23.0 Å². The molecule has 0 saturated carbocycles. The molecule has 7 heteroatoms. The Morgan fingerprint density at radius 2 is 2.20 bits per heavy atom. The Bertz CT molecular complexity index is 823. The van der Waals surface area contributed by atoms with Gasteiger partial charge in [0.25, 0.3) is 5.56 Å². The van der Waals surface area contributed by atoms with Crippen molar-refractivity contribution in [3.05, 3.63) is 52.3 Å². The van der Waals surface area contributed by atoms with Crippen molar-refractivity contribution in [1.29, 1.82) is 0 Å². The van der Waals surface area contributed by atoms with E-state index < -0.39 is 0 Å². The number of hydrogen-bond donors (Lipinski definition) is 0. The molecular weight excluding hydrogens is 261 g/mol. The van der Waals surface area contributed by atoms with E-state index >= 15 is 0 Å². The molecule has 0 N–H and O–H groups in total. The maximum atomic E-state index is 13.1. The van der Waals surface area contributed by atoms with Crippen molar-refractivity contribution >= 4 is 11.2 Å². The Morgan fingerprint density at radius 1 is 1.35 bits per heavy atom. The van der Waals surface area contributed by atoms with Gasteiger partial charge in [0, 0.05) is 6.54 Å². The number of rotatable bonds is 3. The molecule has 2 aromatic heterocycles. The van der Waals surface area contributed by atoms with Crippen LogP contribution in [0.2, 0.25) is 0 Å². The fraction of sp³-hybridized carbons (Fsp3) is 0.231. The van der Waals surface area contributed by atoms with Crippen LogP contribution in [0, 0.1) is 5.82 Å². The van der Waals surface area contributed by atoms with Gasteiger partial charge in [-0.05, 0) is 24.6 Å². The molecule has 3 aromatic rings. The number of aromatic nitrogens is 5. The van der Waals surface area contributed by atoms with E-state index in [1.54, 1.807) is 16.8 Å². The second-order valence-electron chi connectivity index (χ2n) is 4.38. The summed E-state index contributed by atoms with van der Waals surface area (Å²) in [4.78, 5) is 16.5. The molecular formula is C13H12FN5O. The van der Waals surface area contributed by atoms with Gasteiger partial charge >= 0.3 is 0 Å². The molecule has 20 heavy (non-hydrogen) atoms. The predicted octanol–water partition coefficient (Wildman–Crippen LogP) is 1.20. The van der Waals surface area contributed by atoms with Gasteiger partial charge in [-0.15, -0.1) is 5.10 Å². The van der Waals surface area contributed by atoms with Gasteiger partial charge in [0.05, 0.1) is 6.54 Å². The van der Waals surface area contributed by atoms with E-state index in [9.17, 15) is 9.18 Å². The largest absolute Gasteiger partial charge is 0.293 e. The molecule has 2 heterocycles. The molecule has 0 unspecified atom stereocenters. The summed E-state index contributed by atoms with van der Waals surface area (Å²) in [5, 5.41) is 7.72. The maximum Gasteiger partial charge on any atom is 0.283 e. The van der Waals surface area contributed by atoms with E-state index in [0.717, 1.165) is 0 Å². The van der Waals surface area contributed by atoms with Gasteiger partial charge in [-0.25, -0.2) is 14.1 Å². The number of fused-ring (bicyclic) bond motifs is 1. The summed E-state index contributed by atoms with van der Waals surface area (Å²) < 4.78 is 16.1. The topological polar surface area (TPSA) is 65.6 Å². The third-order valence-electron chi connectivity index (χ3n) is 3.03. The number of halogens is 1. The number of aryl methyl sites for hydroxylation is 1. The van der Waals surface area contributed by atoms with E-state index in [4.69, 9.17) is 0 Å². The molecule has 0 amide bonds. The molecule has 0 fully saturated rings. The third-order valence-corrected chi connectivity index (χ3v) is 3.03. The Balaban J connectivity index is 2.05. The summed E-state index contributed by atoms with van der Waals surface area (Å²) in [6.45, 7) is 2.74. The lowest BCUT2D eigenvalue weighted by Crippen LogP contribution is -2.21. The van der Waals surface area contributed by atoms with Crippen molar-refractivity contribution in [2.75, 3.05) is 0 Å². The molecule has 0 aliphatic heterocycles. The van der Waals surface area contributed by atoms with Crippen LogP contribution in [0.4, 0.5) is 4.39 Å².